The van der Waals surface area contributed by atoms with Crippen molar-refractivity contribution in [3.63, 3.8) is 0 Å². The topological polar surface area (TPSA) is 41.1 Å². The van der Waals surface area contributed by atoms with Gasteiger partial charge in [-0.3, -0.25) is 4.79 Å². The second kappa shape index (κ2) is 3.74. The molecule has 0 aromatic heterocycles. The molecule has 80 valence electrons. The van der Waals surface area contributed by atoms with Gasteiger partial charge in [-0.1, -0.05) is 31.5 Å². The summed E-state index contributed by atoms with van der Waals surface area (Å²) >= 11 is 6.05. The standard InChI is InChI=1S/C11H13ClN2O/c1-6(2)9-11(15)13-8-5-3-4-7(12)10(8)14-9/h3-6,9,14H,1-2H3,(H,13,15). The van der Waals surface area contributed by atoms with Crippen molar-refractivity contribution in [2.75, 3.05) is 10.6 Å². The van der Waals surface area contributed by atoms with Gasteiger partial charge in [-0.05, 0) is 18.1 Å². The fourth-order valence-electron chi connectivity index (χ4n) is 1.68. The van der Waals surface area contributed by atoms with Crippen molar-refractivity contribution in [3.05, 3.63) is 23.2 Å². The minimum absolute atomic E-state index is 0.000216. The number of amides is 1. The predicted octanol–water partition coefficient (Wildman–Crippen LogP) is 2.73. The number of halogens is 1. The average molecular weight is 225 g/mol. The minimum Gasteiger partial charge on any atom is -0.371 e. The van der Waals surface area contributed by atoms with Crippen LogP contribution < -0.4 is 10.6 Å². The SMILES string of the molecule is CC(C)C1Nc2c(Cl)cccc2NC1=O. The highest BCUT2D eigenvalue weighted by atomic mass is 35.5. The molecule has 0 fully saturated rings. The Balaban J connectivity index is 2.39. The van der Waals surface area contributed by atoms with E-state index in [0.717, 1.165) is 11.4 Å². The van der Waals surface area contributed by atoms with Crippen molar-refractivity contribution < 1.29 is 4.79 Å². The van der Waals surface area contributed by atoms with Crippen LogP contribution in [0.4, 0.5) is 11.4 Å². The molecule has 0 spiro atoms. The Bertz CT molecular complexity index is 404. The largest absolute Gasteiger partial charge is 0.371 e. The molecule has 1 aromatic carbocycles. The number of hydrogen-bond donors (Lipinski definition) is 2. The first-order valence-electron chi connectivity index (χ1n) is 4.95. The first-order valence-corrected chi connectivity index (χ1v) is 5.33. The number of para-hydroxylation sites is 1. The molecule has 4 heteroatoms. The molecule has 0 aliphatic carbocycles. The first kappa shape index (κ1) is 10.3. The van der Waals surface area contributed by atoms with Gasteiger partial charge in [-0.15, -0.1) is 0 Å². The van der Waals surface area contributed by atoms with E-state index in [1.54, 1.807) is 0 Å². The maximum atomic E-state index is 11.7. The molecule has 0 radical (unpaired) electrons. The second-order valence-electron chi connectivity index (χ2n) is 4.02. The molecule has 0 bridgehead atoms. The Morgan fingerprint density at radius 2 is 2.13 bits per heavy atom. The maximum Gasteiger partial charge on any atom is 0.247 e. The smallest absolute Gasteiger partial charge is 0.247 e. The van der Waals surface area contributed by atoms with E-state index in [4.69, 9.17) is 11.6 Å². The monoisotopic (exact) mass is 224 g/mol. The third-order valence-corrected chi connectivity index (χ3v) is 2.84. The molecule has 1 heterocycles. The van der Waals surface area contributed by atoms with Crippen LogP contribution in [0.1, 0.15) is 13.8 Å². The molecule has 3 nitrogen and oxygen atoms in total. The number of carbonyl (C=O) groups excluding carboxylic acids is 1. The molecule has 1 amide bonds. The van der Waals surface area contributed by atoms with Crippen molar-refractivity contribution in [1.82, 2.24) is 0 Å². The lowest BCUT2D eigenvalue weighted by molar-refractivity contribution is -0.117. The van der Waals surface area contributed by atoms with Gasteiger partial charge >= 0.3 is 0 Å². The number of anilines is 2. The van der Waals surface area contributed by atoms with Crippen LogP contribution in [0.25, 0.3) is 0 Å². The Labute approximate surface area is 93.8 Å². The van der Waals surface area contributed by atoms with Crippen LogP contribution in [0.5, 0.6) is 0 Å². The molecular weight excluding hydrogens is 212 g/mol. The third-order valence-electron chi connectivity index (χ3n) is 2.52. The van der Waals surface area contributed by atoms with E-state index in [9.17, 15) is 4.79 Å². The number of rotatable bonds is 1. The molecule has 15 heavy (non-hydrogen) atoms. The molecule has 0 saturated carbocycles. The summed E-state index contributed by atoms with van der Waals surface area (Å²) in [5.74, 6) is 0.231. The van der Waals surface area contributed by atoms with E-state index in [1.807, 2.05) is 32.0 Å². The number of carbonyl (C=O) groups is 1. The van der Waals surface area contributed by atoms with Crippen molar-refractivity contribution in [3.8, 4) is 0 Å². The lowest BCUT2D eigenvalue weighted by atomic mass is 10.0. The van der Waals surface area contributed by atoms with Crippen LogP contribution in [-0.2, 0) is 4.79 Å². The highest BCUT2D eigenvalue weighted by Crippen LogP contribution is 2.34. The van der Waals surface area contributed by atoms with E-state index >= 15 is 0 Å². The first-order chi connectivity index (χ1) is 7.09. The zero-order chi connectivity index (χ0) is 11.0. The maximum absolute atomic E-state index is 11.7. The van der Waals surface area contributed by atoms with Gasteiger partial charge in [0.15, 0.2) is 0 Å². The van der Waals surface area contributed by atoms with E-state index in [-0.39, 0.29) is 17.9 Å². The van der Waals surface area contributed by atoms with Gasteiger partial charge < -0.3 is 10.6 Å². The van der Waals surface area contributed by atoms with Gasteiger partial charge in [0.2, 0.25) is 5.91 Å². The van der Waals surface area contributed by atoms with Crippen LogP contribution in [0, 0.1) is 5.92 Å². The Morgan fingerprint density at radius 3 is 2.80 bits per heavy atom. The summed E-state index contributed by atoms with van der Waals surface area (Å²) in [6.45, 7) is 4.00. The molecule has 1 unspecified atom stereocenters. The lowest BCUT2D eigenvalue weighted by Crippen LogP contribution is -2.42. The fraction of sp³-hybridized carbons (Fsp3) is 0.364. The van der Waals surface area contributed by atoms with Crippen LogP contribution in [0.15, 0.2) is 18.2 Å². The second-order valence-corrected chi connectivity index (χ2v) is 4.42. The summed E-state index contributed by atoms with van der Waals surface area (Å²) in [6, 6.07) is 5.25. The fourth-order valence-corrected chi connectivity index (χ4v) is 1.91. The number of nitrogens with one attached hydrogen (secondary N) is 2. The molecular formula is C11H13ClN2O. The van der Waals surface area contributed by atoms with Gasteiger partial charge in [-0.25, -0.2) is 0 Å². The predicted molar refractivity (Wildman–Crippen MR) is 62.3 cm³/mol. The summed E-state index contributed by atoms with van der Waals surface area (Å²) in [5, 5.41) is 6.65. The Kier molecular flexibility index (Phi) is 2.57. The summed E-state index contributed by atoms with van der Waals surface area (Å²) in [4.78, 5) is 11.7. The third kappa shape index (κ3) is 1.79. The van der Waals surface area contributed by atoms with Gasteiger partial charge in [0.1, 0.15) is 6.04 Å². The molecule has 1 aromatic rings. The zero-order valence-corrected chi connectivity index (χ0v) is 9.43. The normalized spacial score (nSPS) is 19.5. The molecule has 1 aliphatic rings. The number of fused-ring (bicyclic) bond motifs is 1. The summed E-state index contributed by atoms with van der Waals surface area (Å²) in [5.41, 5.74) is 1.57. The van der Waals surface area contributed by atoms with E-state index in [0.29, 0.717) is 5.02 Å². The minimum atomic E-state index is -0.211. The van der Waals surface area contributed by atoms with Gasteiger partial charge in [0.25, 0.3) is 0 Å². The van der Waals surface area contributed by atoms with Crippen molar-refractivity contribution in [2.45, 2.75) is 19.9 Å². The van der Waals surface area contributed by atoms with E-state index < -0.39 is 0 Å². The van der Waals surface area contributed by atoms with Gasteiger partial charge in [0, 0.05) is 0 Å². The highest BCUT2D eigenvalue weighted by Gasteiger charge is 2.28. The molecule has 1 atom stereocenters. The highest BCUT2D eigenvalue weighted by molar-refractivity contribution is 6.34. The van der Waals surface area contributed by atoms with E-state index in [1.165, 1.54) is 0 Å². The molecule has 2 N–H and O–H groups in total. The quantitative estimate of drug-likeness (QED) is 0.770. The van der Waals surface area contributed by atoms with Crippen molar-refractivity contribution in [1.29, 1.82) is 0 Å². The Hall–Kier alpha value is -1.22. The van der Waals surface area contributed by atoms with Crippen LogP contribution >= 0.6 is 11.6 Å². The summed E-state index contributed by atoms with van der Waals surface area (Å²) in [7, 11) is 0. The van der Waals surface area contributed by atoms with Gasteiger partial charge in [0.05, 0.1) is 16.4 Å². The van der Waals surface area contributed by atoms with Crippen molar-refractivity contribution >= 4 is 28.9 Å². The zero-order valence-electron chi connectivity index (χ0n) is 8.67. The van der Waals surface area contributed by atoms with E-state index in [2.05, 4.69) is 10.6 Å². The summed E-state index contributed by atoms with van der Waals surface area (Å²) in [6.07, 6.45) is 0. The Morgan fingerprint density at radius 1 is 1.40 bits per heavy atom. The van der Waals surface area contributed by atoms with Crippen LogP contribution in [0.3, 0.4) is 0 Å². The van der Waals surface area contributed by atoms with Crippen molar-refractivity contribution in [2.24, 2.45) is 5.92 Å². The van der Waals surface area contributed by atoms with Gasteiger partial charge in [-0.2, -0.15) is 0 Å². The number of benzene rings is 1. The average Bonchev–Trinajstić information content (AvgIpc) is 2.16. The molecule has 2 rings (SSSR count). The molecule has 0 saturated heterocycles. The lowest BCUT2D eigenvalue weighted by Gasteiger charge is -2.29. The molecule has 1 aliphatic heterocycles. The summed E-state index contributed by atoms with van der Waals surface area (Å²) < 4.78 is 0. The van der Waals surface area contributed by atoms with Crippen LogP contribution in [0.2, 0.25) is 5.02 Å². The number of hydrogen-bond acceptors (Lipinski definition) is 2. The van der Waals surface area contributed by atoms with Crippen LogP contribution in [-0.4, -0.2) is 11.9 Å².